The Morgan fingerprint density at radius 1 is 1.03 bits per heavy atom. The molecule has 2 aliphatic carbocycles. The maximum atomic E-state index is 12.7. The molecule has 2 fully saturated rings. The summed E-state index contributed by atoms with van der Waals surface area (Å²) in [6.45, 7) is 2.18. The zero-order chi connectivity index (χ0) is 20.6. The lowest BCUT2D eigenvalue weighted by molar-refractivity contribution is 0.0923. The third-order valence-electron chi connectivity index (χ3n) is 6.41. The number of amides is 1. The molecular formula is C23H28N2O3S. The van der Waals surface area contributed by atoms with Crippen LogP contribution in [0.3, 0.4) is 0 Å². The second-order valence-corrected chi connectivity index (χ2v) is 10.6. The minimum absolute atomic E-state index is 0.0327. The smallest absolute Gasteiger partial charge is 0.251 e. The number of sulfonamides is 1. The number of benzene rings is 2. The van der Waals surface area contributed by atoms with Gasteiger partial charge in [0.05, 0.1) is 4.90 Å². The molecule has 1 amide bonds. The van der Waals surface area contributed by atoms with Crippen LogP contribution in [0.4, 0.5) is 0 Å². The number of rotatable bonds is 6. The zero-order valence-electron chi connectivity index (χ0n) is 17.0. The first-order valence-corrected chi connectivity index (χ1v) is 11.7. The Hall–Kier alpha value is -2.18. The second-order valence-electron chi connectivity index (χ2n) is 8.53. The minimum Gasteiger partial charge on any atom is -0.349 e. The maximum Gasteiger partial charge on any atom is 0.251 e. The van der Waals surface area contributed by atoms with Crippen LogP contribution in [0, 0.1) is 18.8 Å². The Bertz CT molecular complexity index is 984. The summed E-state index contributed by atoms with van der Waals surface area (Å²) in [7, 11) is -1.97. The van der Waals surface area contributed by atoms with E-state index in [0.29, 0.717) is 17.5 Å². The van der Waals surface area contributed by atoms with Crippen molar-refractivity contribution in [2.24, 2.45) is 11.8 Å². The van der Waals surface area contributed by atoms with Gasteiger partial charge in [-0.2, -0.15) is 4.31 Å². The average molecular weight is 413 g/mol. The number of aryl methyl sites for hydroxylation is 1. The number of carbonyl (C=O) groups is 1. The van der Waals surface area contributed by atoms with Crippen molar-refractivity contribution in [1.29, 1.82) is 0 Å². The lowest BCUT2D eigenvalue weighted by Gasteiger charge is -2.23. The Labute approximate surface area is 173 Å². The molecule has 0 heterocycles. The molecule has 0 aliphatic heterocycles. The summed E-state index contributed by atoms with van der Waals surface area (Å²) in [5.41, 5.74) is 2.49. The van der Waals surface area contributed by atoms with E-state index in [1.54, 1.807) is 43.4 Å². The monoisotopic (exact) mass is 412 g/mol. The van der Waals surface area contributed by atoms with Crippen LogP contribution in [-0.4, -0.2) is 31.7 Å². The SMILES string of the molecule is Cc1ccc(S(=O)(=O)N(C)Cc2ccc(C(=O)N[C@H]3C[C@H]4CC[C@H]3C4)cc2)cc1. The molecule has 2 saturated carbocycles. The second kappa shape index (κ2) is 7.92. The molecule has 2 aromatic carbocycles. The maximum absolute atomic E-state index is 12.7. The average Bonchev–Trinajstić information content (AvgIpc) is 3.32. The Balaban J connectivity index is 1.38. The predicted octanol–water partition coefficient (Wildman–Crippen LogP) is 3.73. The molecule has 1 N–H and O–H groups in total. The largest absolute Gasteiger partial charge is 0.349 e. The van der Waals surface area contributed by atoms with E-state index in [1.165, 1.54) is 23.6 Å². The molecule has 29 heavy (non-hydrogen) atoms. The minimum atomic E-state index is -3.55. The van der Waals surface area contributed by atoms with Crippen molar-refractivity contribution in [3.63, 3.8) is 0 Å². The van der Waals surface area contributed by atoms with Crippen LogP contribution in [0.25, 0.3) is 0 Å². The van der Waals surface area contributed by atoms with E-state index in [0.717, 1.165) is 23.5 Å². The van der Waals surface area contributed by atoms with Gasteiger partial charge in [-0.15, -0.1) is 0 Å². The number of nitrogens with zero attached hydrogens (tertiary/aromatic N) is 1. The first-order chi connectivity index (χ1) is 13.8. The van der Waals surface area contributed by atoms with Crippen molar-refractivity contribution in [1.82, 2.24) is 9.62 Å². The highest BCUT2D eigenvalue weighted by atomic mass is 32.2. The zero-order valence-corrected chi connectivity index (χ0v) is 17.8. The third kappa shape index (κ3) is 4.23. The van der Waals surface area contributed by atoms with E-state index in [-0.39, 0.29) is 17.3 Å². The summed E-state index contributed by atoms with van der Waals surface area (Å²) in [6.07, 6.45) is 4.91. The summed E-state index contributed by atoms with van der Waals surface area (Å²) >= 11 is 0. The summed E-state index contributed by atoms with van der Waals surface area (Å²) < 4.78 is 26.8. The van der Waals surface area contributed by atoms with Crippen LogP contribution in [0.1, 0.15) is 47.2 Å². The van der Waals surface area contributed by atoms with E-state index in [1.807, 2.05) is 19.1 Å². The van der Waals surface area contributed by atoms with Gasteiger partial charge in [0.1, 0.15) is 0 Å². The van der Waals surface area contributed by atoms with Gasteiger partial charge >= 0.3 is 0 Å². The number of carbonyl (C=O) groups excluding carboxylic acids is 1. The van der Waals surface area contributed by atoms with Crippen LogP contribution >= 0.6 is 0 Å². The first kappa shape index (κ1) is 20.1. The van der Waals surface area contributed by atoms with Gasteiger partial charge in [0.25, 0.3) is 5.91 Å². The predicted molar refractivity (Wildman–Crippen MR) is 113 cm³/mol. The molecule has 0 radical (unpaired) electrons. The molecule has 2 aliphatic rings. The lowest BCUT2D eigenvalue weighted by atomic mass is 9.95. The van der Waals surface area contributed by atoms with Gasteiger partial charge in [0.15, 0.2) is 0 Å². The van der Waals surface area contributed by atoms with E-state index < -0.39 is 10.0 Å². The molecule has 2 aromatic rings. The topological polar surface area (TPSA) is 66.5 Å². The van der Waals surface area contributed by atoms with Gasteiger partial charge in [0, 0.05) is 25.2 Å². The molecule has 3 atom stereocenters. The van der Waals surface area contributed by atoms with Crippen molar-refractivity contribution in [2.45, 2.75) is 50.1 Å². The number of nitrogens with one attached hydrogen (secondary N) is 1. The Kier molecular flexibility index (Phi) is 5.49. The van der Waals surface area contributed by atoms with Gasteiger partial charge in [-0.25, -0.2) is 8.42 Å². The van der Waals surface area contributed by atoms with Crippen LogP contribution in [-0.2, 0) is 16.6 Å². The number of hydrogen-bond donors (Lipinski definition) is 1. The standard InChI is InChI=1S/C23H28N2O3S/c1-16-3-11-21(12-4-16)29(27,28)25(2)15-17-5-8-19(9-6-17)23(26)24-22-14-18-7-10-20(22)13-18/h3-6,8-9,11-12,18,20,22H,7,10,13-15H2,1-2H3,(H,24,26)/t18-,20-,22-/m0/s1. The Morgan fingerprint density at radius 2 is 1.72 bits per heavy atom. The van der Waals surface area contributed by atoms with Crippen molar-refractivity contribution in [3.05, 3.63) is 65.2 Å². The van der Waals surface area contributed by atoms with Crippen LogP contribution < -0.4 is 5.32 Å². The summed E-state index contributed by atoms with van der Waals surface area (Å²) in [4.78, 5) is 12.8. The van der Waals surface area contributed by atoms with E-state index in [2.05, 4.69) is 5.32 Å². The normalized spacial score (nSPS) is 23.5. The highest BCUT2D eigenvalue weighted by Crippen LogP contribution is 2.44. The molecule has 154 valence electrons. The number of fused-ring (bicyclic) bond motifs is 2. The molecule has 6 heteroatoms. The molecule has 5 nitrogen and oxygen atoms in total. The molecule has 2 bridgehead atoms. The van der Waals surface area contributed by atoms with Gasteiger partial charge < -0.3 is 5.32 Å². The van der Waals surface area contributed by atoms with Gasteiger partial charge in [-0.3, -0.25) is 4.79 Å². The van der Waals surface area contributed by atoms with Crippen molar-refractivity contribution >= 4 is 15.9 Å². The molecule has 0 spiro atoms. The fourth-order valence-electron chi connectivity index (χ4n) is 4.67. The van der Waals surface area contributed by atoms with E-state index in [4.69, 9.17) is 0 Å². The highest BCUT2D eigenvalue weighted by molar-refractivity contribution is 7.89. The van der Waals surface area contributed by atoms with Crippen LogP contribution in [0.5, 0.6) is 0 Å². The lowest BCUT2D eigenvalue weighted by Crippen LogP contribution is -2.38. The van der Waals surface area contributed by atoms with E-state index >= 15 is 0 Å². The van der Waals surface area contributed by atoms with E-state index in [9.17, 15) is 13.2 Å². The van der Waals surface area contributed by atoms with Crippen molar-refractivity contribution < 1.29 is 13.2 Å². The first-order valence-electron chi connectivity index (χ1n) is 10.3. The molecule has 4 rings (SSSR count). The molecule has 0 unspecified atom stereocenters. The Morgan fingerprint density at radius 3 is 2.31 bits per heavy atom. The van der Waals surface area contributed by atoms with Crippen LogP contribution in [0.15, 0.2) is 53.4 Å². The molecule has 0 aromatic heterocycles. The van der Waals surface area contributed by atoms with Gasteiger partial charge in [-0.1, -0.05) is 36.2 Å². The van der Waals surface area contributed by atoms with Crippen LogP contribution in [0.2, 0.25) is 0 Å². The fourth-order valence-corrected chi connectivity index (χ4v) is 5.83. The summed E-state index contributed by atoms with van der Waals surface area (Å²) in [6, 6.07) is 14.4. The quantitative estimate of drug-likeness (QED) is 0.786. The van der Waals surface area contributed by atoms with Gasteiger partial charge in [-0.05, 0) is 67.9 Å². The molecular weight excluding hydrogens is 384 g/mol. The third-order valence-corrected chi connectivity index (χ3v) is 8.22. The number of hydrogen-bond acceptors (Lipinski definition) is 3. The molecule has 0 saturated heterocycles. The van der Waals surface area contributed by atoms with Gasteiger partial charge in [0.2, 0.25) is 10.0 Å². The fraction of sp³-hybridized carbons (Fsp3) is 0.435. The summed E-state index contributed by atoms with van der Waals surface area (Å²) in [5, 5.41) is 3.19. The van der Waals surface area contributed by atoms with Crippen molar-refractivity contribution in [2.75, 3.05) is 7.05 Å². The van der Waals surface area contributed by atoms with Crippen molar-refractivity contribution in [3.8, 4) is 0 Å². The highest BCUT2D eigenvalue weighted by Gasteiger charge is 2.40. The summed E-state index contributed by atoms with van der Waals surface area (Å²) in [5.74, 6) is 1.40.